The van der Waals surface area contributed by atoms with Crippen LogP contribution >= 0.6 is 0 Å². The van der Waals surface area contributed by atoms with Crippen LogP contribution in [0.15, 0.2) is 6.33 Å². The van der Waals surface area contributed by atoms with Gasteiger partial charge in [-0.05, 0) is 6.42 Å². The third-order valence-electron chi connectivity index (χ3n) is 2.36. The number of carboxylic acid groups (broad SMARTS) is 1. The minimum Gasteiger partial charge on any atom is -0.481 e. The predicted octanol–water partition coefficient (Wildman–Crippen LogP) is -0.100. The molecule has 0 aromatic carbocycles. The summed E-state index contributed by atoms with van der Waals surface area (Å²) in [5, 5.41) is 20.2. The molecule has 0 spiro atoms. The van der Waals surface area contributed by atoms with Gasteiger partial charge in [-0.25, -0.2) is 9.78 Å². The Bertz CT molecular complexity index is 379. The number of carboxylic acids is 1. The highest BCUT2D eigenvalue weighted by atomic mass is 16.4. The van der Waals surface area contributed by atoms with Gasteiger partial charge in [0.1, 0.15) is 12.2 Å². The topological polar surface area (TPSA) is 120 Å². The van der Waals surface area contributed by atoms with Crippen LogP contribution in [0.3, 0.4) is 0 Å². The van der Waals surface area contributed by atoms with Crippen LogP contribution in [-0.2, 0) is 11.2 Å². The van der Waals surface area contributed by atoms with Gasteiger partial charge in [0.2, 0.25) is 0 Å². The van der Waals surface area contributed by atoms with Gasteiger partial charge in [0.15, 0.2) is 0 Å². The van der Waals surface area contributed by atoms with Crippen molar-refractivity contribution >= 4 is 12.0 Å². The lowest BCUT2D eigenvalue weighted by Gasteiger charge is -2.15. The molecule has 0 aliphatic rings. The first kappa shape index (κ1) is 13.9. The molecule has 100 valence electrons. The van der Waals surface area contributed by atoms with Crippen LogP contribution in [-0.4, -0.2) is 44.9 Å². The Kier molecular flexibility index (Phi) is 5.62. The third-order valence-corrected chi connectivity index (χ3v) is 2.36. The van der Waals surface area contributed by atoms with Gasteiger partial charge in [-0.15, -0.1) is 0 Å². The van der Waals surface area contributed by atoms with Crippen molar-refractivity contribution in [3.8, 4) is 0 Å². The van der Waals surface area contributed by atoms with Crippen LogP contribution in [0, 0.1) is 0 Å². The molecule has 0 saturated carbocycles. The number of aliphatic carboxylic acids is 1. The highest BCUT2D eigenvalue weighted by molar-refractivity contribution is 5.75. The van der Waals surface area contributed by atoms with E-state index in [2.05, 4.69) is 25.8 Å². The van der Waals surface area contributed by atoms with Gasteiger partial charge in [-0.3, -0.25) is 9.89 Å². The lowest BCUT2D eigenvalue weighted by atomic mass is 10.1. The SMILES string of the molecule is CCC(CC(=O)O)NC(=O)NCCc1ncn[nH]1. The lowest BCUT2D eigenvalue weighted by molar-refractivity contribution is -0.137. The summed E-state index contributed by atoms with van der Waals surface area (Å²) >= 11 is 0. The quantitative estimate of drug-likeness (QED) is 0.542. The largest absolute Gasteiger partial charge is 0.481 e. The van der Waals surface area contributed by atoms with E-state index in [0.717, 1.165) is 0 Å². The van der Waals surface area contributed by atoms with Crippen LogP contribution in [0.5, 0.6) is 0 Å². The zero-order valence-electron chi connectivity index (χ0n) is 10.1. The molecule has 0 aliphatic heterocycles. The second-order valence-corrected chi connectivity index (χ2v) is 3.79. The molecule has 8 nitrogen and oxygen atoms in total. The van der Waals surface area contributed by atoms with Crippen molar-refractivity contribution in [1.29, 1.82) is 0 Å². The van der Waals surface area contributed by atoms with Gasteiger partial charge in [0.25, 0.3) is 0 Å². The minimum absolute atomic E-state index is 0.0774. The van der Waals surface area contributed by atoms with E-state index >= 15 is 0 Å². The number of nitrogens with one attached hydrogen (secondary N) is 3. The van der Waals surface area contributed by atoms with Gasteiger partial charge in [-0.2, -0.15) is 5.10 Å². The average Bonchev–Trinajstić information content (AvgIpc) is 2.80. The number of nitrogens with zero attached hydrogens (tertiary/aromatic N) is 2. The number of H-pyrrole nitrogens is 1. The van der Waals surface area contributed by atoms with E-state index in [4.69, 9.17) is 5.11 Å². The van der Waals surface area contributed by atoms with Crippen LogP contribution in [0.2, 0.25) is 0 Å². The first-order valence-corrected chi connectivity index (χ1v) is 5.72. The number of urea groups is 1. The molecule has 0 radical (unpaired) electrons. The number of carbonyl (C=O) groups is 2. The van der Waals surface area contributed by atoms with E-state index in [9.17, 15) is 9.59 Å². The number of aromatic amines is 1. The molecule has 8 heteroatoms. The molecule has 0 bridgehead atoms. The molecule has 0 fully saturated rings. The smallest absolute Gasteiger partial charge is 0.315 e. The van der Waals surface area contributed by atoms with E-state index in [1.54, 1.807) is 0 Å². The number of rotatable bonds is 7. The molecule has 1 aromatic rings. The highest BCUT2D eigenvalue weighted by Crippen LogP contribution is 1.97. The molecule has 4 N–H and O–H groups in total. The summed E-state index contributed by atoms with van der Waals surface area (Å²) in [4.78, 5) is 25.9. The van der Waals surface area contributed by atoms with Crippen molar-refractivity contribution in [3.05, 3.63) is 12.2 Å². The van der Waals surface area contributed by atoms with E-state index in [1.807, 2.05) is 6.92 Å². The van der Waals surface area contributed by atoms with E-state index in [1.165, 1.54) is 6.33 Å². The van der Waals surface area contributed by atoms with E-state index in [0.29, 0.717) is 25.2 Å². The Morgan fingerprint density at radius 1 is 1.56 bits per heavy atom. The summed E-state index contributed by atoms with van der Waals surface area (Å²) in [6.07, 6.45) is 2.44. The molecule has 1 atom stereocenters. The summed E-state index contributed by atoms with van der Waals surface area (Å²) in [5.74, 6) is -0.239. The van der Waals surface area contributed by atoms with Crippen molar-refractivity contribution < 1.29 is 14.7 Å². The maximum absolute atomic E-state index is 11.5. The fourth-order valence-electron chi connectivity index (χ4n) is 1.39. The average molecular weight is 255 g/mol. The van der Waals surface area contributed by atoms with Crippen LogP contribution in [0.1, 0.15) is 25.6 Å². The Morgan fingerprint density at radius 2 is 2.33 bits per heavy atom. The molecule has 0 aliphatic carbocycles. The highest BCUT2D eigenvalue weighted by Gasteiger charge is 2.13. The molecule has 0 saturated heterocycles. The molecular formula is C10H17N5O3. The number of hydrogen-bond acceptors (Lipinski definition) is 4. The van der Waals surface area contributed by atoms with Crippen LogP contribution in [0.25, 0.3) is 0 Å². The van der Waals surface area contributed by atoms with Gasteiger partial charge >= 0.3 is 12.0 Å². The Hall–Kier alpha value is -2.12. The van der Waals surface area contributed by atoms with Crippen LogP contribution in [0.4, 0.5) is 4.79 Å². The number of hydrogen-bond donors (Lipinski definition) is 4. The molecule has 2 amide bonds. The summed E-state index contributed by atoms with van der Waals surface area (Å²) in [6, 6.07) is -0.726. The molecule has 1 heterocycles. The van der Waals surface area contributed by atoms with E-state index in [-0.39, 0.29) is 18.5 Å². The van der Waals surface area contributed by atoms with Crippen LogP contribution < -0.4 is 10.6 Å². The Labute approximate surface area is 104 Å². The maximum atomic E-state index is 11.5. The third kappa shape index (κ3) is 5.28. The normalized spacial score (nSPS) is 11.8. The summed E-state index contributed by atoms with van der Waals surface area (Å²) < 4.78 is 0. The molecule has 1 unspecified atom stereocenters. The summed E-state index contributed by atoms with van der Waals surface area (Å²) in [5.41, 5.74) is 0. The summed E-state index contributed by atoms with van der Waals surface area (Å²) in [6.45, 7) is 2.23. The van der Waals surface area contributed by atoms with Crippen molar-refractivity contribution in [2.24, 2.45) is 0 Å². The zero-order valence-corrected chi connectivity index (χ0v) is 10.1. The summed E-state index contributed by atoms with van der Waals surface area (Å²) in [7, 11) is 0. The van der Waals surface area contributed by atoms with Gasteiger partial charge in [0.05, 0.1) is 6.42 Å². The zero-order chi connectivity index (χ0) is 13.4. The lowest BCUT2D eigenvalue weighted by Crippen LogP contribution is -2.43. The first-order chi connectivity index (χ1) is 8.61. The monoisotopic (exact) mass is 255 g/mol. The molecular weight excluding hydrogens is 238 g/mol. The second-order valence-electron chi connectivity index (χ2n) is 3.79. The van der Waals surface area contributed by atoms with Gasteiger partial charge in [0, 0.05) is 19.0 Å². The fraction of sp³-hybridized carbons (Fsp3) is 0.600. The number of amides is 2. The van der Waals surface area contributed by atoms with Crippen molar-refractivity contribution in [2.75, 3.05) is 6.54 Å². The predicted molar refractivity (Wildman–Crippen MR) is 63.0 cm³/mol. The van der Waals surface area contributed by atoms with Crippen molar-refractivity contribution in [1.82, 2.24) is 25.8 Å². The maximum Gasteiger partial charge on any atom is 0.315 e. The molecule has 1 rings (SSSR count). The van der Waals surface area contributed by atoms with Crippen molar-refractivity contribution in [2.45, 2.75) is 32.2 Å². The number of aromatic nitrogens is 3. The second kappa shape index (κ2) is 7.25. The number of carbonyl (C=O) groups excluding carboxylic acids is 1. The Balaban J connectivity index is 2.21. The van der Waals surface area contributed by atoms with E-state index < -0.39 is 5.97 Å². The standard InChI is InChI=1S/C10H17N5O3/c1-2-7(5-9(16)17)14-10(18)11-4-3-8-12-6-13-15-8/h6-7H,2-5H2,1H3,(H,16,17)(H2,11,14,18)(H,12,13,15). The van der Waals surface area contributed by atoms with Crippen molar-refractivity contribution in [3.63, 3.8) is 0 Å². The Morgan fingerprint density at radius 3 is 2.89 bits per heavy atom. The molecule has 18 heavy (non-hydrogen) atoms. The minimum atomic E-state index is -0.927. The fourth-order valence-corrected chi connectivity index (χ4v) is 1.39. The van der Waals surface area contributed by atoms with Gasteiger partial charge in [-0.1, -0.05) is 6.92 Å². The van der Waals surface area contributed by atoms with Gasteiger partial charge < -0.3 is 15.7 Å². The first-order valence-electron chi connectivity index (χ1n) is 5.72. The molecule has 1 aromatic heterocycles.